The van der Waals surface area contributed by atoms with Gasteiger partial charge in [-0.2, -0.15) is 0 Å². The first-order valence-corrected chi connectivity index (χ1v) is 8.45. The number of carboxylic acids is 1. The van der Waals surface area contributed by atoms with Crippen LogP contribution in [-0.2, 0) is 11.3 Å². The molecule has 1 saturated carbocycles. The summed E-state index contributed by atoms with van der Waals surface area (Å²) in [6.07, 6.45) is 3.37. The van der Waals surface area contributed by atoms with Crippen LogP contribution in [0.5, 0.6) is 0 Å². The fraction of sp³-hybridized carbons (Fsp3) is 0.786. The van der Waals surface area contributed by atoms with Crippen LogP contribution in [0, 0.1) is 0 Å². The van der Waals surface area contributed by atoms with Gasteiger partial charge in [0.2, 0.25) is 0 Å². The van der Waals surface area contributed by atoms with Gasteiger partial charge in [0, 0.05) is 18.5 Å². The second-order valence-corrected chi connectivity index (χ2v) is 6.82. The Morgan fingerprint density at radius 1 is 1.48 bits per heavy atom. The molecule has 21 heavy (non-hydrogen) atoms. The number of carbonyl (C=O) groups is 1. The summed E-state index contributed by atoms with van der Waals surface area (Å²) in [5.41, 5.74) is 0. The van der Waals surface area contributed by atoms with Gasteiger partial charge in [-0.15, -0.1) is 10.2 Å². The highest BCUT2D eigenvalue weighted by atomic mass is 32.2. The molecule has 7 heteroatoms. The van der Waals surface area contributed by atoms with Crippen LogP contribution in [-0.4, -0.2) is 56.1 Å². The minimum Gasteiger partial charge on any atom is -0.481 e. The summed E-state index contributed by atoms with van der Waals surface area (Å²) in [7, 11) is 2.12. The van der Waals surface area contributed by atoms with Crippen LogP contribution in [0.15, 0.2) is 5.16 Å². The van der Waals surface area contributed by atoms with Gasteiger partial charge < -0.3 is 14.6 Å². The van der Waals surface area contributed by atoms with Gasteiger partial charge in [-0.05, 0) is 46.7 Å². The van der Waals surface area contributed by atoms with E-state index in [-0.39, 0.29) is 5.75 Å². The maximum atomic E-state index is 10.7. The Morgan fingerprint density at radius 3 is 2.76 bits per heavy atom. The van der Waals surface area contributed by atoms with Gasteiger partial charge in [-0.1, -0.05) is 11.8 Å². The van der Waals surface area contributed by atoms with Crippen LogP contribution in [0.2, 0.25) is 0 Å². The Kier molecular flexibility index (Phi) is 5.64. The zero-order valence-corrected chi connectivity index (χ0v) is 13.8. The Bertz CT molecular complexity index is 485. The smallest absolute Gasteiger partial charge is 0.313 e. The van der Waals surface area contributed by atoms with Crippen LogP contribution in [0.25, 0.3) is 0 Å². The Labute approximate surface area is 129 Å². The average Bonchev–Trinajstić information content (AvgIpc) is 3.18. The molecule has 2 rings (SSSR count). The van der Waals surface area contributed by atoms with E-state index in [9.17, 15) is 4.79 Å². The highest BCUT2D eigenvalue weighted by Crippen LogP contribution is 2.40. The lowest BCUT2D eigenvalue weighted by Crippen LogP contribution is -2.28. The molecule has 1 aromatic rings. The Balaban J connectivity index is 1.97. The molecular weight excluding hydrogens is 288 g/mol. The number of rotatable bonds is 9. The summed E-state index contributed by atoms with van der Waals surface area (Å²) in [5.74, 6) is 0.783. The molecule has 0 saturated heterocycles. The van der Waals surface area contributed by atoms with E-state index in [4.69, 9.17) is 5.11 Å². The average molecular weight is 312 g/mol. The van der Waals surface area contributed by atoms with E-state index in [0.717, 1.165) is 30.5 Å². The van der Waals surface area contributed by atoms with Gasteiger partial charge in [0.1, 0.15) is 5.82 Å². The van der Waals surface area contributed by atoms with Gasteiger partial charge in [-0.25, -0.2) is 0 Å². The lowest BCUT2D eigenvalue weighted by Gasteiger charge is -2.21. The van der Waals surface area contributed by atoms with Crippen molar-refractivity contribution in [3.05, 3.63) is 5.82 Å². The van der Waals surface area contributed by atoms with E-state index in [1.54, 1.807) is 0 Å². The van der Waals surface area contributed by atoms with Gasteiger partial charge in [0.15, 0.2) is 5.16 Å². The molecule has 0 radical (unpaired) electrons. The zero-order chi connectivity index (χ0) is 15.4. The van der Waals surface area contributed by atoms with E-state index in [1.165, 1.54) is 24.6 Å². The second kappa shape index (κ2) is 7.26. The fourth-order valence-electron chi connectivity index (χ4n) is 2.12. The fourth-order valence-corrected chi connectivity index (χ4v) is 2.82. The number of hydrogen-bond donors (Lipinski definition) is 1. The third kappa shape index (κ3) is 4.71. The second-order valence-electron chi connectivity index (χ2n) is 5.88. The number of nitrogens with zero attached hydrogens (tertiary/aromatic N) is 4. The number of aliphatic carboxylic acids is 1. The third-order valence-corrected chi connectivity index (χ3v) is 4.74. The van der Waals surface area contributed by atoms with Crippen molar-refractivity contribution in [2.24, 2.45) is 0 Å². The van der Waals surface area contributed by atoms with Gasteiger partial charge in [0.25, 0.3) is 0 Å². The predicted molar refractivity (Wildman–Crippen MR) is 82.7 cm³/mol. The minimum atomic E-state index is -0.818. The summed E-state index contributed by atoms with van der Waals surface area (Å²) in [5, 5.41) is 18.0. The molecule has 6 nitrogen and oxygen atoms in total. The first-order chi connectivity index (χ1) is 9.99. The van der Waals surface area contributed by atoms with E-state index < -0.39 is 5.97 Å². The maximum Gasteiger partial charge on any atom is 0.313 e. The van der Waals surface area contributed by atoms with Crippen LogP contribution in [0.3, 0.4) is 0 Å². The zero-order valence-electron chi connectivity index (χ0n) is 12.9. The molecule has 1 heterocycles. The van der Waals surface area contributed by atoms with E-state index in [1.807, 2.05) is 0 Å². The molecule has 118 valence electrons. The largest absolute Gasteiger partial charge is 0.481 e. The summed E-state index contributed by atoms with van der Waals surface area (Å²) in [4.78, 5) is 13.0. The lowest BCUT2D eigenvalue weighted by atomic mass is 10.3. The molecule has 0 aliphatic heterocycles. The third-order valence-electron chi connectivity index (χ3n) is 3.79. The normalized spacial score (nSPS) is 15.1. The highest BCUT2D eigenvalue weighted by molar-refractivity contribution is 7.99. The van der Waals surface area contributed by atoms with E-state index in [0.29, 0.717) is 12.0 Å². The molecule has 1 aromatic heterocycles. The van der Waals surface area contributed by atoms with Crippen molar-refractivity contribution in [2.75, 3.05) is 19.3 Å². The number of carboxylic acid groups (broad SMARTS) is 1. The van der Waals surface area contributed by atoms with Crippen molar-refractivity contribution >= 4 is 17.7 Å². The topological polar surface area (TPSA) is 71.2 Å². The van der Waals surface area contributed by atoms with E-state index >= 15 is 0 Å². The van der Waals surface area contributed by atoms with E-state index in [2.05, 4.69) is 40.6 Å². The molecule has 1 fully saturated rings. The summed E-state index contributed by atoms with van der Waals surface area (Å²) in [6.45, 7) is 6.24. The Hall–Kier alpha value is -1.08. The number of hydrogen-bond acceptors (Lipinski definition) is 5. The molecule has 0 amide bonds. The van der Waals surface area contributed by atoms with Crippen LogP contribution >= 0.6 is 11.8 Å². The molecular formula is C14H24N4O2S. The van der Waals surface area contributed by atoms with Crippen molar-refractivity contribution in [3.63, 3.8) is 0 Å². The standard InChI is InChI=1S/C14H24N4O2S/c1-10(2)17(3)7-4-8-18-13(11-5-6-11)15-16-14(18)21-9-12(19)20/h10-11H,4-9H2,1-3H3,(H,19,20). The Morgan fingerprint density at radius 2 is 2.19 bits per heavy atom. The van der Waals surface area contributed by atoms with Crippen molar-refractivity contribution in [3.8, 4) is 0 Å². The molecule has 0 bridgehead atoms. The predicted octanol–water partition coefficient (Wildman–Crippen LogP) is 2.06. The van der Waals surface area contributed by atoms with Crippen LogP contribution in [0.4, 0.5) is 0 Å². The van der Waals surface area contributed by atoms with Crippen molar-refractivity contribution in [2.45, 2.75) is 56.8 Å². The van der Waals surface area contributed by atoms with Crippen molar-refractivity contribution in [1.82, 2.24) is 19.7 Å². The minimum absolute atomic E-state index is 0.0364. The first-order valence-electron chi connectivity index (χ1n) is 7.47. The molecule has 1 aliphatic carbocycles. The van der Waals surface area contributed by atoms with Crippen LogP contribution in [0.1, 0.15) is 44.9 Å². The number of thioether (sulfide) groups is 1. The van der Waals surface area contributed by atoms with Gasteiger partial charge in [-0.3, -0.25) is 4.79 Å². The summed E-state index contributed by atoms with van der Waals surface area (Å²) >= 11 is 1.26. The molecule has 1 N–H and O–H groups in total. The molecule has 0 spiro atoms. The molecule has 0 aromatic carbocycles. The number of aromatic nitrogens is 3. The quantitative estimate of drug-likeness (QED) is 0.704. The van der Waals surface area contributed by atoms with Crippen LogP contribution < -0.4 is 0 Å². The van der Waals surface area contributed by atoms with Crippen molar-refractivity contribution < 1.29 is 9.90 Å². The first kappa shape index (κ1) is 16.3. The summed E-state index contributed by atoms with van der Waals surface area (Å²) < 4.78 is 2.12. The highest BCUT2D eigenvalue weighted by Gasteiger charge is 2.30. The monoisotopic (exact) mass is 312 g/mol. The van der Waals surface area contributed by atoms with Crippen molar-refractivity contribution in [1.29, 1.82) is 0 Å². The summed E-state index contributed by atoms with van der Waals surface area (Å²) in [6, 6.07) is 0.537. The molecule has 0 atom stereocenters. The lowest BCUT2D eigenvalue weighted by molar-refractivity contribution is -0.133. The SMILES string of the molecule is CC(C)N(C)CCCn1c(SCC(=O)O)nnc1C1CC1. The maximum absolute atomic E-state index is 10.7. The van der Waals surface area contributed by atoms with Gasteiger partial charge in [0.05, 0.1) is 5.75 Å². The van der Waals surface area contributed by atoms with Gasteiger partial charge >= 0.3 is 5.97 Å². The molecule has 1 aliphatic rings. The molecule has 0 unspecified atom stereocenters.